The number of halogens is 5. The summed E-state index contributed by atoms with van der Waals surface area (Å²) in [6.07, 6.45) is -4.89. The first kappa shape index (κ1) is 18.3. The van der Waals surface area contributed by atoms with Crippen LogP contribution in [0.25, 0.3) is 10.9 Å². The molecule has 1 aromatic heterocycles. The van der Waals surface area contributed by atoms with E-state index in [-0.39, 0.29) is 33.8 Å². The van der Waals surface area contributed by atoms with Crippen molar-refractivity contribution in [2.75, 3.05) is 7.11 Å². The second kappa shape index (κ2) is 6.64. The van der Waals surface area contributed by atoms with Crippen molar-refractivity contribution in [1.82, 2.24) is 4.79 Å². The van der Waals surface area contributed by atoms with Gasteiger partial charge in [-0.15, -0.1) is 0 Å². The molecule has 8 heteroatoms. The molecule has 0 aliphatic rings. The molecule has 0 fully saturated rings. The van der Waals surface area contributed by atoms with E-state index in [0.29, 0.717) is 10.2 Å². The Labute approximate surface area is 150 Å². The highest BCUT2D eigenvalue weighted by Gasteiger charge is 2.33. The molecule has 0 atom stereocenters. The molecular weight excluding hydrogens is 374 g/mol. The predicted octanol–water partition coefficient (Wildman–Crippen LogP) is 5.42. The third-order valence-corrected chi connectivity index (χ3v) is 4.22. The fraction of sp³-hybridized carbons (Fsp3) is 0.167. The molecule has 136 valence electrons. The maximum absolute atomic E-state index is 14.5. The van der Waals surface area contributed by atoms with Gasteiger partial charge >= 0.3 is 12.1 Å². The van der Waals surface area contributed by atoms with Crippen molar-refractivity contribution in [3.8, 4) is 0 Å². The van der Waals surface area contributed by atoms with Crippen molar-refractivity contribution in [3.63, 3.8) is 0 Å². The molecular formula is C18H12ClF4NO2. The van der Waals surface area contributed by atoms with Crippen molar-refractivity contribution in [1.29, 1.82) is 0 Å². The maximum Gasteiger partial charge on any atom is 0.416 e. The van der Waals surface area contributed by atoms with E-state index in [0.717, 1.165) is 6.07 Å². The van der Waals surface area contributed by atoms with E-state index in [2.05, 4.69) is 4.74 Å². The van der Waals surface area contributed by atoms with Gasteiger partial charge in [-0.05, 0) is 42.0 Å². The summed E-state index contributed by atoms with van der Waals surface area (Å²) >= 11 is 5.66. The van der Waals surface area contributed by atoms with Gasteiger partial charge in [0.2, 0.25) is 0 Å². The highest BCUT2D eigenvalue weighted by atomic mass is 35.5. The van der Waals surface area contributed by atoms with Gasteiger partial charge in [-0.3, -0.25) is 0 Å². The molecule has 3 aromatic rings. The first-order chi connectivity index (χ1) is 12.2. The van der Waals surface area contributed by atoms with Crippen molar-refractivity contribution in [2.24, 2.45) is 0 Å². The monoisotopic (exact) mass is 385 g/mol. The van der Waals surface area contributed by atoms with Crippen LogP contribution in [0.1, 0.15) is 27.2 Å². The summed E-state index contributed by atoms with van der Waals surface area (Å²) in [5.41, 5.74) is -0.619. The molecule has 0 saturated heterocycles. The number of carbonyl (C=O) groups excluding carboxylic acids is 1. The standard InChI is InChI=1S/C18H12ClF4NO2/c1-26-17(25)11-3-5-16-12(6-11)8-14(24(16)23)7-10-2-4-13(19)9-15(10)18(20,21)22/h2-6,8-9H,7H2,1H3. The van der Waals surface area contributed by atoms with E-state index in [1.54, 1.807) is 0 Å². The topological polar surface area (TPSA) is 31.2 Å². The predicted molar refractivity (Wildman–Crippen MR) is 89.0 cm³/mol. The zero-order valence-corrected chi connectivity index (χ0v) is 14.2. The van der Waals surface area contributed by atoms with Gasteiger partial charge in [-0.25, -0.2) is 4.79 Å². The van der Waals surface area contributed by atoms with Crippen LogP contribution >= 0.6 is 11.6 Å². The summed E-state index contributed by atoms with van der Waals surface area (Å²) in [7, 11) is 1.22. The Morgan fingerprint density at radius 3 is 2.54 bits per heavy atom. The first-order valence-electron chi connectivity index (χ1n) is 7.45. The Kier molecular flexibility index (Phi) is 4.66. The second-order valence-corrected chi connectivity index (χ2v) is 6.09. The van der Waals surface area contributed by atoms with E-state index in [1.807, 2.05) is 0 Å². The number of rotatable bonds is 3. The van der Waals surface area contributed by atoms with Gasteiger partial charge in [-0.1, -0.05) is 22.1 Å². The molecule has 0 amide bonds. The van der Waals surface area contributed by atoms with E-state index in [1.165, 1.54) is 43.5 Å². The molecule has 0 aliphatic carbocycles. The molecule has 3 nitrogen and oxygen atoms in total. The van der Waals surface area contributed by atoms with E-state index < -0.39 is 17.7 Å². The molecule has 0 N–H and O–H groups in total. The van der Waals surface area contributed by atoms with Crippen LogP contribution in [0.4, 0.5) is 17.7 Å². The largest absolute Gasteiger partial charge is 0.465 e. The van der Waals surface area contributed by atoms with Gasteiger partial charge in [0.1, 0.15) is 0 Å². The number of aromatic nitrogens is 1. The summed E-state index contributed by atoms with van der Waals surface area (Å²) < 4.78 is 58.8. The number of nitrogens with zero attached hydrogens (tertiary/aromatic N) is 1. The number of hydrogen-bond donors (Lipinski definition) is 0. The molecule has 0 saturated carbocycles. The first-order valence-corrected chi connectivity index (χ1v) is 7.83. The van der Waals surface area contributed by atoms with Crippen LogP contribution in [-0.4, -0.2) is 17.9 Å². The molecule has 0 aliphatic heterocycles. The van der Waals surface area contributed by atoms with Gasteiger partial charge in [-0.2, -0.15) is 18.0 Å². The number of alkyl halides is 3. The molecule has 26 heavy (non-hydrogen) atoms. The van der Waals surface area contributed by atoms with Crippen molar-refractivity contribution >= 4 is 28.5 Å². The van der Waals surface area contributed by atoms with Gasteiger partial charge in [0.25, 0.3) is 0 Å². The quantitative estimate of drug-likeness (QED) is 0.445. The number of esters is 1. The van der Waals surface area contributed by atoms with Crippen LogP contribution in [0, 0.1) is 0 Å². The fourth-order valence-corrected chi connectivity index (χ4v) is 2.94. The smallest absolute Gasteiger partial charge is 0.416 e. The average Bonchev–Trinajstić information content (AvgIpc) is 2.90. The molecule has 0 radical (unpaired) electrons. The minimum absolute atomic E-state index is 0.0230. The van der Waals surface area contributed by atoms with Crippen LogP contribution in [0.3, 0.4) is 0 Å². The Morgan fingerprint density at radius 2 is 1.88 bits per heavy atom. The lowest BCUT2D eigenvalue weighted by molar-refractivity contribution is -0.138. The van der Waals surface area contributed by atoms with Crippen LogP contribution in [0.2, 0.25) is 5.02 Å². The molecule has 0 unspecified atom stereocenters. The van der Waals surface area contributed by atoms with Gasteiger partial charge in [0, 0.05) is 16.8 Å². The number of methoxy groups -OCH3 is 1. The Morgan fingerprint density at radius 1 is 1.15 bits per heavy atom. The lowest BCUT2D eigenvalue weighted by Crippen LogP contribution is -2.10. The summed E-state index contributed by atoms with van der Waals surface area (Å²) in [5.74, 6) is -0.586. The lowest BCUT2D eigenvalue weighted by atomic mass is 10.0. The Balaban J connectivity index is 2.05. The molecule has 1 heterocycles. The van der Waals surface area contributed by atoms with Gasteiger partial charge < -0.3 is 4.74 Å². The van der Waals surface area contributed by atoms with Crippen LogP contribution in [0.15, 0.2) is 42.5 Å². The Hall–Kier alpha value is -2.54. The highest BCUT2D eigenvalue weighted by Crippen LogP contribution is 2.35. The van der Waals surface area contributed by atoms with Crippen molar-refractivity contribution in [2.45, 2.75) is 12.6 Å². The molecule has 3 rings (SSSR count). The zero-order valence-electron chi connectivity index (χ0n) is 13.4. The van der Waals surface area contributed by atoms with E-state index in [4.69, 9.17) is 11.6 Å². The minimum Gasteiger partial charge on any atom is -0.465 e. The number of ether oxygens (including phenoxy) is 1. The van der Waals surface area contributed by atoms with Crippen molar-refractivity contribution in [3.05, 3.63) is 69.9 Å². The third-order valence-electron chi connectivity index (χ3n) is 3.98. The number of carbonyl (C=O) groups is 1. The summed E-state index contributed by atoms with van der Waals surface area (Å²) in [4.78, 5) is 11.9. The summed E-state index contributed by atoms with van der Waals surface area (Å²) in [5, 5.41) is 0.331. The van der Waals surface area contributed by atoms with Crippen LogP contribution in [-0.2, 0) is 17.3 Å². The van der Waals surface area contributed by atoms with E-state index >= 15 is 0 Å². The van der Waals surface area contributed by atoms with Crippen LogP contribution in [0.5, 0.6) is 0 Å². The highest BCUT2D eigenvalue weighted by molar-refractivity contribution is 6.30. The Bertz CT molecular complexity index is 995. The van der Waals surface area contributed by atoms with Gasteiger partial charge in [0.15, 0.2) is 0 Å². The fourth-order valence-electron chi connectivity index (χ4n) is 2.77. The maximum atomic E-state index is 14.5. The third kappa shape index (κ3) is 3.39. The number of benzene rings is 2. The van der Waals surface area contributed by atoms with Crippen molar-refractivity contribution < 1.29 is 27.2 Å². The second-order valence-electron chi connectivity index (χ2n) is 5.66. The number of hydrogen-bond acceptors (Lipinski definition) is 2. The van der Waals surface area contributed by atoms with Crippen LogP contribution < -0.4 is 0 Å². The average molecular weight is 386 g/mol. The van der Waals surface area contributed by atoms with Gasteiger partial charge in [0.05, 0.1) is 29.4 Å². The summed E-state index contributed by atoms with van der Waals surface area (Å²) in [6, 6.07) is 8.95. The number of fused-ring (bicyclic) bond motifs is 1. The SMILES string of the molecule is COC(=O)c1ccc2c(c1)cc(Cc1ccc(Cl)cc1C(F)(F)F)n2F. The lowest BCUT2D eigenvalue weighted by Gasteiger charge is -2.13. The van der Waals surface area contributed by atoms with E-state index in [9.17, 15) is 22.4 Å². The minimum atomic E-state index is -4.61. The zero-order chi connectivity index (χ0) is 19.1. The summed E-state index contributed by atoms with van der Waals surface area (Å²) in [6.45, 7) is 0. The molecule has 2 aromatic carbocycles. The normalized spacial score (nSPS) is 11.8. The molecule has 0 spiro atoms. The molecule has 0 bridgehead atoms.